The number of hydrogen-bond acceptors (Lipinski definition) is 7. The van der Waals surface area contributed by atoms with E-state index in [4.69, 9.17) is 22.1 Å². The average molecular weight is 325 g/mol. The highest BCUT2D eigenvalue weighted by atomic mass is 32.1. The zero-order valence-electron chi connectivity index (χ0n) is 11.6. The summed E-state index contributed by atoms with van der Waals surface area (Å²) in [7, 11) is 0. The van der Waals surface area contributed by atoms with Gasteiger partial charge in [-0.05, 0) is 19.1 Å². The van der Waals surface area contributed by atoms with E-state index in [1.54, 1.807) is 13.1 Å². The number of nitrogens with zero attached hydrogens (tertiary/aromatic N) is 2. The summed E-state index contributed by atoms with van der Waals surface area (Å²) in [5.74, 6) is 0. The predicted molar refractivity (Wildman–Crippen MR) is 78.9 cm³/mol. The molecule has 3 heterocycles. The second-order valence-electron chi connectivity index (χ2n) is 5.22. The molecule has 0 spiro atoms. The maximum Gasteiger partial charge on any atom is 0.203 e. The van der Waals surface area contributed by atoms with Gasteiger partial charge in [0.25, 0.3) is 0 Å². The Hall–Kier alpha value is -1.65. The fourth-order valence-electron chi connectivity index (χ4n) is 2.49. The fourth-order valence-corrected chi connectivity index (χ4v) is 2.74. The van der Waals surface area contributed by atoms with Crippen LogP contribution >= 0.6 is 12.2 Å². The Bertz CT molecular complexity index is 833. The highest BCUT2D eigenvalue weighted by molar-refractivity contribution is 7.71. The van der Waals surface area contributed by atoms with Crippen molar-refractivity contribution in [1.82, 2.24) is 14.5 Å². The first kappa shape index (κ1) is 15.3. The highest BCUT2D eigenvalue weighted by Gasteiger charge is 2.43. The van der Waals surface area contributed by atoms with Gasteiger partial charge in [0.15, 0.2) is 11.7 Å². The summed E-state index contributed by atoms with van der Waals surface area (Å²) >= 11 is 5.15. The molecular weight excluding hydrogens is 310 g/mol. The molecule has 1 aliphatic heterocycles. The summed E-state index contributed by atoms with van der Waals surface area (Å²) in [6.45, 7) is 1.22. The number of fused-ring (bicyclic) bond motifs is 1. The molecule has 0 amide bonds. The number of H-pyrrole nitrogens is 1. The number of rotatable bonds is 2. The van der Waals surface area contributed by atoms with E-state index in [9.17, 15) is 15.0 Å². The standard InChI is InChI=1S/C13H15N3O5S/c1-5-2-14-11-6(8(5)18)3-16(13(22)15-11)12-10(20)9(19)7(4-17)21-12/h2-3,7,9-10,12,17,19-20H,4H2,1H3,(H,14,15,22)/t7-,9?,10?,12-/m1/s1. The Kier molecular flexibility index (Phi) is 3.83. The van der Waals surface area contributed by atoms with Crippen LogP contribution in [-0.4, -0.2) is 54.8 Å². The number of nitrogens with one attached hydrogen (secondary N) is 1. The molecule has 8 nitrogen and oxygen atoms in total. The van der Waals surface area contributed by atoms with Crippen molar-refractivity contribution in [3.05, 3.63) is 33.0 Å². The van der Waals surface area contributed by atoms with Crippen LogP contribution in [0.4, 0.5) is 0 Å². The van der Waals surface area contributed by atoms with Gasteiger partial charge in [0.1, 0.15) is 24.0 Å². The SMILES string of the molecule is Cc1c[nH]c2nc(=S)n([C@@H]3O[C@H](CO)C(O)C3O)cc2c1=O. The molecule has 0 aliphatic carbocycles. The van der Waals surface area contributed by atoms with Crippen LogP contribution in [0, 0.1) is 11.7 Å². The molecule has 1 saturated heterocycles. The van der Waals surface area contributed by atoms with Crippen LogP contribution < -0.4 is 5.43 Å². The van der Waals surface area contributed by atoms with Gasteiger partial charge in [0, 0.05) is 18.0 Å². The number of pyridine rings is 1. The lowest BCUT2D eigenvalue weighted by Gasteiger charge is -2.18. The van der Waals surface area contributed by atoms with Crippen LogP contribution in [0.1, 0.15) is 11.8 Å². The van der Waals surface area contributed by atoms with Crippen LogP contribution in [0.25, 0.3) is 11.0 Å². The molecule has 3 rings (SSSR count). The van der Waals surface area contributed by atoms with Gasteiger partial charge in [0.05, 0.1) is 12.0 Å². The van der Waals surface area contributed by atoms with Crippen molar-refractivity contribution < 1.29 is 20.1 Å². The monoisotopic (exact) mass is 325 g/mol. The number of aromatic amines is 1. The molecule has 118 valence electrons. The summed E-state index contributed by atoms with van der Waals surface area (Å²) < 4.78 is 6.82. The summed E-state index contributed by atoms with van der Waals surface area (Å²) in [6.07, 6.45) is -1.49. The third-order valence-corrected chi connectivity index (χ3v) is 4.07. The van der Waals surface area contributed by atoms with Gasteiger partial charge < -0.3 is 25.0 Å². The van der Waals surface area contributed by atoms with Crippen LogP contribution in [0.3, 0.4) is 0 Å². The predicted octanol–water partition coefficient (Wildman–Crippen LogP) is -0.626. The number of ether oxygens (including phenoxy) is 1. The number of aromatic nitrogens is 3. The largest absolute Gasteiger partial charge is 0.394 e. The lowest BCUT2D eigenvalue weighted by atomic mass is 10.1. The van der Waals surface area contributed by atoms with Crippen molar-refractivity contribution in [3.63, 3.8) is 0 Å². The Morgan fingerprint density at radius 3 is 2.82 bits per heavy atom. The van der Waals surface area contributed by atoms with Crippen molar-refractivity contribution in [1.29, 1.82) is 0 Å². The molecule has 2 aromatic rings. The lowest BCUT2D eigenvalue weighted by molar-refractivity contribution is -0.0538. The molecule has 1 aliphatic rings. The zero-order chi connectivity index (χ0) is 16.0. The van der Waals surface area contributed by atoms with Crippen molar-refractivity contribution in [2.24, 2.45) is 0 Å². The Morgan fingerprint density at radius 1 is 1.45 bits per heavy atom. The van der Waals surface area contributed by atoms with E-state index in [2.05, 4.69) is 9.97 Å². The minimum absolute atomic E-state index is 0.0850. The fraction of sp³-hybridized carbons (Fsp3) is 0.462. The van der Waals surface area contributed by atoms with E-state index < -0.39 is 31.1 Å². The maximum atomic E-state index is 12.2. The Morgan fingerprint density at radius 2 is 2.18 bits per heavy atom. The van der Waals surface area contributed by atoms with E-state index in [0.29, 0.717) is 16.6 Å². The number of hydrogen-bond donors (Lipinski definition) is 4. The summed E-state index contributed by atoms with van der Waals surface area (Å²) in [6, 6.07) is 0. The van der Waals surface area contributed by atoms with Gasteiger partial charge in [-0.2, -0.15) is 0 Å². The van der Waals surface area contributed by atoms with Gasteiger partial charge in [-0.1, -0.05) is 0 Å². The topological polar surface area (TPSA) is 121 Å². The quantitative estimate of drug-likeness (QED) is 0.543. The second kappa shape index (κ2) is 5.52. The Labute approximate surface area is 129 Å². The van der Waals surface area contributed by atoms with E-state index in [1.807, 2.05) is 0 Å². The molecule has 22 heavy (non-hydrogen) atoms. The van der Waals surface area contributed by atoms with Crippen molar-refractivity contribution >= 4 is 23.3 Å². The third kappa shape index (κ3) is 2.27. The molecule has 0 saturated carbocycles. The molecule has 0 aromatic carbocycles. The van der Waals surface area contributed by atoms with Crippen LogP contribution in [0.2, 0.25) is 0 Å². The average Bonchev–Trinajstić information content (AvgIpc) is 2.79. The molecule has 1 fully saturated rings. The summed E-state index contributed by atoms with van der Waals surface area (Å²) in [5, 5.41) is 29.3. The molecular formula is C13H15N3O5S. The van der Waals surface area contributed by atoms with Gasteiger partial charge in [-0.25, -0.2) is 4.98 Å². The molecule has 0 bridgehead atoms. The zero-order valence-corrected chi connectivity index (χ0v) is 12.4. The Balaban J connectivity index is 2.16. The van der Waals surface area contributed by atoms with E-state index >= 15 is 0 Å². The molecule has 9 heteroatoms. The molecule has 2 aromatic heterocycles. The molecule has 4 atom stereocenters. The van der Waals surface area contributed by atoms with Crippen molar-refractivity contribution in [2.75, 3.05) is 6.61 Å². The molecule has 2 unspecified atom stereocenters. The number of aliphatic hydroxyl groups is 3. The van der Waals surface area contributed by atoms with E-state index in [-0.39, 0.29) is 10.2 Å². The normalized spacial score (nSPS) is 28.4. The number of aliphatic hydroxyl groups excluding tert-OH is 3. The van der Waals surface area contributed by atoms with Gasteiger partial charge in [-0.15, -0.1) is 0 Å². The highest BCUT2D eigenvalue weighted by Crippen LogP contribution is 2.29. The van der Waals surface area contributed by atoms with Crippen molar-refractivity contribution in [3.8, 4) is 0 Å². The van der Waals surface area contributed by atoms with Crippen LogP contribution in [-0.2, 0) is 4.74 Å². The van der Waals surface area contributed by atoms with E-state index in [0.717, 1.165) is 0 Å². The first-order valence-corrected chi connectivity index (χ1v) is 7.08. The van der Waals surface area contributed by atoms with E-state index in [1.165, 1.54) is 10.8 Å². The van der Waals surface area contributed by atoms with Crippen molar-refractivity contribution in [2.45, 2.75) is 31.5 Å². The maximum absolute atomic E-state index is 12.2. The summed E-state index contributed by atoms with van der Waals surface area (Å²) in [4.78, 5) is 19.2. The smallest absolute Gasteiger partial charge is 0.203 e. The third-order valence-electron chi connectivity index (χ3n) is 3.77. The van der Waals surface area contributed by atoms with Gasteiger partial charge in [0.2, 0.25) is 4.77 Å². The lowest BCUT2D eigenvalue weighted by Crippen LogP contribution is -2.33. The van der Waals surface area contributed by atoms with Gasteiger partial charge >= 0.3 is 0 Å². The summed E-state index contributed by atoms with van der Waals surface area (Å²) in [5.41, 5.74) is 0.638. The molecule has 4 N–H and O–H groups in total. The first-order valence-electron chi connectivity index (χ1n) is 6.67. The minimum atomic E-state index is -1.29. The van der Waals surface area contributed by atoms with Crippen LogP contribution in [0.5, 0.6) is 0 Å². The minimum Gasteiger partial charge on any atom is -0.394 e. The number of aryl methyl sites for hydroxylation is 1. The van der Waals surface area contributed by atoms with Crippen LogP contribution in [0.15, 0.2) is 17.2 Å². The molecule has 0 radical (unpaired) electrons. The van der Waals surface area contributed by atoms with Gasteiger partial charge in [-0.3, -0.25) is 9.36 Å². The second-order valence-corrected chi connectivity index (χ2v) is 5.59. The first-order chi connectivity index (χ1) is 10.4.